The van der Waals surface area contributed by atoms with Gasteiger partial charge in [-0.3, -0.25) is 14.3 Å². The van der Waals surface area contributed by atoms with Crippen LogP contribution in [-0.2, 0) is 0 Å². The number of benzene rings is 1. The van der Waals surface area contributed by atoms with Crippen molar-refractivity contribution in [1.82, 2.24) is 19.7 Å². The summed E-state index contributed by atoms with van der Waals surface area (Å²) in [7, 11) is 1.72. The van der Waals surface area contributed by atoms with E-state index in [1.54, 1.807) is 44.1 Å². The van der Waals surface area contributed by atoms with Crippen molar-refractivity contribution in [2.45, 2.75) is 58.1 Å². The minimum absolute atomic E-state index is 0.0685. The Morgan fingerprint density at radius 3 is 2.77 bits per heavy atom. The Bertz CT molecular complexity index is 1340. The number of rotatable bonds is 9. The number of aromatic nitrogens is 3. The summed E-state index contributed by atoms with van der Waals surface area (Å²) in [5.74, 6) is 0.699. The molecule has 2 heterocycles. The fourth-order valence-electron chi connectivity index (χ4n) is 4.33. The molecule has 1 unspecified atom stereocenters. The van der Waals surface area contributed by atoms with Gasteiger partial charge in [0.25, 0.3) is 11.5 Å². The highest BCUT2D eigenvalue weighted by Crippen LogP contribution is 2.43. The van der Waals surface area contributed by atoms with Gasteiger partial charge in [-0.1, -0.05) is 0 Å². The number of nitrogens with one attached hydrogen (secondary N) is 2. The van der Waals surface area contributed by atoms with Gasteiger partial charge in [-0.25, -0.2) is 0 Å². The van der Waals surface area contributed by atoms with Crippen LogP contribution in [0.1, 0.15) is 61.5 Å². The Hall–Kier alpha value is -3.64. The summed E-state index contributed by atoms with van der Waals surface area (Å²) in [4.78, 5) is 29.9. The zero-order valence-corrected chi connectivity index (χ0v) is 20.6. The van der Waals surface area contributed by atoms with Crippen molar-refractivity contribution in [3.8, 4) is 6.07 Å². The SMILES string of the molecule is Cc1cc(Nc2nn(C(CC#N)C3CC3)c3cc[nH]c(=O)c23)ccc1C(=O)N(C)CCC(C)(C)O. The molecule has 184 valence electrons. The molecular formula is C26H32N6O3. The molecule has 1 aromatic carbocycles. The van der Waals surface area contributed by atoms with Crippen LogP contribution in [0.5, 0.6) is 0 Å². The van der Waals surface area contributed by atoms with Crippen molar-refractivity contribution in [1.29, 1.82) is 5.26 Å². The molecule has 1 amide bonds. The Morgan fingerprint density at radius 1 is 1.40 bits per heavy atom. The third-order valence-electron chi connectivity index (χ3n) is 6.54. The normalized spacial score (nSPS) is 14.5. The molecule has 3 aromatic rings. The second kappa shape index (κ2) is 9.55. The van der Waals surface area contributed by atoms with Gasteiger partial charge in [0.15, 0.2) is 5.82 Å². The lowest BCUT2D eigenvalue weighted by molar-refractivity contribution is 0.0544. The van der Waals surface area contributed by atoms with Crippen molar-refractivity contribution in [3.63, 3.8) is 0 Å². The van der Waals surface area contributed by atoms with Crippen molar-refractivity contribution >= 4 is 28.3 Å². The predicted molar refractivity (Wildman–Crippen MR) is 135 cm³/mol. The highest BCUT2D eigenvalue weighted by Gasteiger charge is 2.34. The number of amides is 1. The highest BCUT2D eigenvalue weighted by molar-refractivity contribution is 5.96. The van der Waals surface area contributed by atoms with Crippen molar-refractivity contribution in [3.05, 3.63) is 51.9 Å². The lowest BCUT2D eigenvalue weighted by Gasteiger charge is -2.23. The van der Waals surface area contributed by atoms with Crippen molar-refractivity contribution in [2.75, 3.05) is 18.9 Å². The molecule has 1 saturated carbocycles. The van der Waals surface area contributed by atoms with E-state index in [9.17, 15) is 20.0 Å². The maximum atomic E-state index is 12.9. The van der Waals surface area contributed by atoms with E-state index in [-0.39, 0.29) is 17.5 Å². The van der Waals surface area contributed by atoms with Crippen LogP contribution in [0.15, 0.2) is 35.3 Å². The number of anilines is 2. The van der Waals surface area contributed by atoms with Crippen molar-refractivity contribution < 1.29 is 9.90 Å². The van der Waals surface area contributed by atoms with Gasteiger partial charge in [0.05, 0.1) is 29.6 Å². The third kappa shape index (κ3) is 5.38. The minimum Gasteiger partial charge on any atom is -0.390 e. The zero-order chi connectivity index (χ0) is 25.3. The number of aryl methyl sites for hydroxylation is 1. The van der Waals surface area contributed by atoms with Gasteiger partial charge < -0.3 is 20.3 Å². The highest BCUT2D eigenvalue weighted by atomic mass is 16.3. The molecule has 2 aromatic heterocycles. The number of aromatic amines is 1. The maximum Gasteiger partial charge on any atom is 0.261 e. The largest absolute Gasteiger partial charge is 0.390 e. The van der Waals surface area contributed by atoms with E-state index in [4.69, 9.17) is 5.10 Å². The Kier molecular flexibility index (Phi) is 6.68. The van der Waals surface area contributed by atoms with E-state index >= 15 is 0 Å². The molecule has 0 aliphatic heterocycles. The Labute approximate surface area is 204 Å². The second-order valence-corrected chi connectivity index (χ2v) is 10.1. The van der Waals surface area contributed by atoms with E-state index in [1.807, 2.05) is 23.7 Å². The van der Waals surface area contributed by atoms with Gasteiger partial charge in [0, 0.05) is 31.0 Å². The summed E-state index contributed by atoms with van der Waals surface area (Å²) in [6, 6.07) is 9.41. The molecule has 1 aliphatic carbocycles. The van der Waals surface area contributed by atoms with E-state index < -0.39 is 5.60 Å². The fraction of sp³-hybridized carbons (Fsp3) is 0.462. The lowest BCUT2D eigenvalue weighted by atomic mass is 10.0. The average Bonchev–Trinajstić information content (AvgIpc) is 3.57. The Morgan fingerprint density at radius 2 is 2.14 bits per heavy atom. The number of carbonyl (C=O) groups excluding carboxylic acids is 1. The molecule has 0 radical (unpaired) electrons. The fourth-order valence-corrected chi connectivity index (χ4v) is 4.33. The molecule has 1 aliphatic rings. The molecule has 9 nitrogen and oxygen atoms in total. The topological polar surface area (TPSA) is 127 Å². The van der Waals surface area contributed by atoms with Gasteiger partial charge in [0.1, 0.15) is 5.39 Å². The van der Waals surface area contributed by atoms with Gasteiger partial charge in [0.2, 0.25) is 0 Å². The summed E-state index contributed by atoms with van der Waals surface area (Å²) in [6.45, 7) is 5.75. The van der Waals surface area contributed by atoms with Crippen LogP contribution in [0, 0.1) is 24.2 Å². The molecule has 1 atom stereocenters. The summed E-state index contributed by atoms with van der Waals surface area (Å²) in [5.41, 5.74) is 1.67. The number of nitriles is 1. The van der Waals surface area contributed by atoms with E-state index in [0.717, 1.165) is 18.4 Å². The molecule has 35 heavy (non-hydrogen) atoms. The van der Waals surface area contributed by atoms with Crippen LogP contribution in [-0.4, -0.2) is 49.9 Å². The van der Waals surface area contributed by atoms with Crippen LogP contribution in [0.25, 0.3) is 10.9 Å². The molecule has 3 N–H and O–H groups in total. The number of hydrogen-bond acceptors (Lipinski definition) is 6. The first-order valence-corrected chi connectivity index (χ1v) is 11.9. The van der Waals surface area contributed by atoms with E-state index in [2.05, 4.69) is 16.4 Å². The van der Waals surface area contributed by atoms with Gasteiger partial charge in [-0.15, -0.1) is 0 Å². The monoisotopic (exact) mass is 476 g/mol. The number of fused-ring (bicyclic) bond motifs is 1. The van der Waals surface area contributed by atoms with Crippen LogP contribution in [0.4, 0.5) is 11.5 Å². The molecular weight excluding hydrogens is 444 g/mol. The number of H-pyrrole nitrogens is 1. The number of hydrogen-bond donors (Lipinski definition) is 3. The molecule has 4 rings (SSSR count). The van der Waals surface area contributed by atoms with E-state index in [1.165, 1.54) is 0 Å². The van der Waals surface area contributed by atoms with Crippen LogP contribution < -0.4 is 10.9 Å². The lowest BCUT2D eigenvalue weighted by Crippen LogP contribution is -2.33. The molecule has 0 bridgehead atoms. The predicted octanol–water partition coefficient (Wildman–Crippen LogP) is 3.87. The first-order valence-electron chi connectivity index (χ1n) is 11.9. The zero-order valence-electron chi connectivity index (χ0n) is 20.6. The quantitative estimate of drug-likeness (QED) is 0.430. The first-order chi connectivity index (χ1) is 16.6. The number of aliphatic hydroxyl groups is 1. The van der Waals surface area contributed by atoms with E-state index in [0.29, 0.717) is 53.3 Å². The molecule has 9 heteroatoms. The smallest absolute Gasteiger partial charge is 0.261 e. The molecule has 1 fully saturated rings. The average molecular weight is 477 g/mol. The second-order valence-electron chi connectivity index (χ2n) is 10.1. The van der Waals surface area contributed by atoms with Crippen LogP contribution in [0.3, 0.4) is 0 Å². The van der Waals surface area contributed by atoms with Crippen LogP contribution >= 0.6 is 0 Å². The Balaban J connectivity index is 1.61. The van der Waals surface area contributed by atoms with Crippen LogP contribution in [0.2, 0.25) is 0 Å². The number of nitrogens with zero attached hydrogens (tertiary/aromatic N) is 4. The third-order valence-corrected chi connectivity index (χ3v) is 6.54. The summed E-state index contributed by atoms with van der Waals surface area (Å²) in [5, 5.41) is 27.7. The summed E-state index contributed by atoms with van der Waals surface area (Å²) < 4.78 is 1.82. The molecule has 0 spiro atoms. The van der Waals surface area contributed by atoms with Gasteiger partial charge in [-0.2, -0.15) is 10.4 Å². The minimum atomic E-state index is -0.840. The van der Waals surface area contributed by atoms with Gasteiger partial charge >= 0.3 is 0 Å². The standard InChI is InChI=1S/C26H32N6O3/c1-16-15-18(7-8-19(16)25(34)31(4)14-11-26(2,3)35)29-23-22-21(10-13-28-24(22)33)32(30-23)20(9-12-27)17-5-6-17/h7-8,10,13,15,17,20,35H,5-6,9,11,14H2,1-4H3,(H,28,33)(H,29,30). The number of pyridine rings is 1. The van der Waals surface area contributed by atoms with Gasteiger partial charge in [-0.05, 0) is 75.8 Å². The summed E-state index contributed by atoms with van der Waals surface area (Å²) >= 11 is 0. The number of carbonyl (C=O) groups is 1. The maximum absolute atomic E-state index is 12.9. The summed E-state index contributed by atoms with van der Waals surface area (Å²) in [6.07, 6.45) is 4.52. The first kappa shape index (κ1) is 24.5. The van der Waals surface area contributed by atoms with Crippen molar-refractivity contribution in [2.24, 2.45) is 5.92 Å². The molecule has 0 saturated heterocycles.